The van der Waals surface area contributed by atoms with Gasteiger partial charge < -0.3 is 5.32 Å². The smallest absolute Gasteiger partial charge is 0.221 e. The molecular formula is C12H13NO3S. The molecule has 0 bridgehead atoms. The first-order valence-corrected chi connectivity index (χ1v) is 6.30. The largest absolute Gasteiger partial charge is 0.326 e. The highest BCUT2D eigenvalue weighted by Gasteiger charge is 2.21. The van der Waals surface area contributed by atoms with Crippen LogP contribution in [0.25, 0.3) is 0 Å². The topological polar surface area (TPSA) is 63.2 Å². The van der Waals surface area contributed by atoms with Gasteiger partial charge in [0.1, 0.15) is 0 Å². The van der Waals surface area contributed by atoms with Crippen molar-refractivity contribution in [2.75, 3.05) is 0 Å². The first kappa shape index (κ1) is 13.2. The number of carbonyl (C=O) groups is 1. The van der Waals surface area contributed by atoms with Crippen LogP contribution < -0.4 is 5.32 Å². The molecule has 1 amide bonds. The number of amides is 1. The van der Waals surface area contributed by atoms with E-state index in [0.717, 1.165) is 0 Å². The molecule has 4 nitrogen and oxygen atoms in total. The Hall–Kier alpha value is -1.88. The van der Waals surface area contributed by atoms with E-state index < -0.39 is 9.84 Å². The second-order valence-corrected chi connectivity index (χ2v) is 5.37. The van der Waals surface area contributed by atoms with Crippen molar-refractivity contribution in [1.82, 2.24) is 5.32 Å². The first-order valence-electron chi connectivity index (χ1n) is 4.81. The molecule has 0 radical (unpaired) electrons. The van der Waals surface area contributed by atoms with Crippen molar-refractivity contribution in [3.8, 4) is 0 Å². The van der Waals surface area contributed by atoms with E-state index in [1.54, 1.807) is 18.2 Å². The molecule has 1 N–H and O–H groups in total. The number of hydrogen-bond acceptors (Lipinski definition) is 3. The SMILES string of the molecule is C=C(NC(C)=O)C(=C)S(=O)(=O)c1ccccc1. The maximum Gasteiger partial charge on any atom is 0.221 e. The zero-order valence-electron chi connectivity index (χ0n) is 9.43. The van der Waals surface area contributed by atoms with Gasteiger partial charge in [-0.05, 0) is 12.1 Å². The number of hydrogen-bond donors (Lipinski definition) is 1. The van der Waals surface area contributed by atoms with E-state index in [-0.39, 0.29) is 21.4 Å². The van der Waals surface area contributed by atoms with Crippen molar-refractivity contribution in [1.29, 1.82) is 0 Å². The summed E-state index contributed by atoms with van der Waals surface area (Å²) in [5, 5.41) is 2.31. The maximum absolute atomic E-state index is 12.0. The summed E-state index contributed by atoms with van der Waals surface area (Å²) < 4.78 is 24.1. The minimum Gasteiger partial charge on any atom is -0.326 e. The second kappa shape index (κ2) is 4.97. The lowest BCUT2D eigenvalue weighted by molar-refractivity contribution is -0.118. The summed E-state index contributed by atoms with van der Waals surface area (Å²) in [6, 6.07) is 7.86. The van der Waals surface area contributed by atoms with Gasteiger partial charge >= 0.3 is 0 Å². The molecule has 0 aliphatic heterocycles. The Kier molecular flexibility index (Phi) is 3.85. The Morgan fingerprint density at radius 3 is 2.18 bits per heavy atom. The predicted octanol–water partition coefficient (Wildman–Crippen LogP) is 1.62. The Morgan fingerprint density at radius 2 is 1.71 bits per heavy atom. The Morgan fingerprint density at radius 1 is 1.18 bits per heavy atom. The molecule has 1 aromatic carbocycles. The minimum absolute atomic E-state index is 0.0126. The van der Waals surface area contributed by atoms with Crippen molar-refractivity contribution in [2.24, 2.45) is 0 Å². The van der Waals surface area contributed by atoms with Gasteiger partial charge in [-0.2, -0.15) is 0 Å². The van der Waals surface area contributed by atoms with Crippen LogP contribution in [0.4, 0.5) is 0 Å². The third-order valence-electron chi connectivity index (χ3n) is 2.04. The molecule has 0 saturated carbocycles. The molecule has 0 unspecified atom stereocenters. The average Bonchev–Trinajstić information content (AvgIpc) is 2.28. The van der Waals surface area contributed by atoms with Crippen LogP contribution in [-0.4, -0.2) is 14.3 Å². The highest BCUT2D eigenvalue weighted by Crippen LogP contribution is 2.21. The zero-order chi connectivity index (χ0) is 13.1. The van der Waals surface area contributed by atoms with Gasteiger partial charge in [0.2, 0.25) is 15.7 Å². The highest BCUT2D eigenvalue weighted by atomic mass is 32.2. The Labute approximate surface area is 101 Å². The summed E-state index contributed by atoms with van der Waals surface area (Å²) >= 11 is 0. The summed E-state index contributed by atoms with van der Waals surface area (Å²) in [6.45, 7) is 8.20. The Balaban J connectivity index is 3.05. The van der Waals surface area contributed by atoms with Gasteiger partial charge in [-0.3, -0.25) is 4.79 Å². The lowest BCUT2D eigenvalue weighted by atomic mass is 10.4. The molecule has 1 aromatic rings. The molecule has 0 aliphatic carbocycles. The van der Waals surface area contributed by atoms with E-state index in [1.165, 1.54) is 19.1 Å². The Bertz CT molecular complexity index is 559. The third-order valence-corrected chi connectivity index (χ3v) is 3.83. The minimum atomic E-state index is -3.69. The van der Waals surface area contributed by atoms with Crippen LogP contribution in [0.3, 0.4) is 0 Å². The standard InChI is InChI=1S/C12H13NO3S/c1-9(13-11(3)14)10(2)17(15,16)12-7-5-4-6-8-12/h4-8H,1-2H2,3H3,(H,13,14). The lowest BCUT2D eigenvalue weighted by Gasteiger charge is -2.10. The summed E-state index contributed by atoms with van der Waals surface area (Å²) in [4.78, 5) is 10.7. The number of carbonyl (C=O) groups excluding carboxylic acids is 1. The van der Waals surface area contributed by atoms with Crippen LogP contribution in [0.15, 0.2) is 59.0 Å². The quantitative estimate of drug-likeness (QED) is 0.827. The van der Waals surface area contributed by atoms with Crippen LogP contribution >= 0.6 is 0 Å². The van der Waals surface area contributed by atoms with Gasteiger partial charge in [0.15, 0.2) is 0 Å². The summed E-state index contributed by atoms with van der Waals surface area (Å²) in [7, 11) is -3.69. The second-order valence-electron chi connectivity index (χ2n) is 3.40. The van der Waals surface area contributed by atoms with Crippen molar-refractivity contribution in [2.45, 2.75) is 11.8 Å². The van der Waals surface area contributed by atoms with E-state index in [2.05, 4.69) is 18.5 Å². The van der Waals surface area contributed by atoms with Crippen molar-refractivity contribution < 1.29 is 13.2 Å². The van der Waals surface area contributed by atoms with Gasteiger partial charge in [0, 0.05) is 6.92 Å². The summed E-state index contributed by atoms with van der Waals surface area (Å²) in [6.07, 6.45) is 0. The number of benzene rings is 1. The molecule has 0 heterocycles. The number of nitrogens with one attached hydrogen (secondary N) is 1. The van der Waals surface area contributed by atoms with Crippen molar-refractivity contribution in [3.05, 3.63) is 54.1 Å². The van der Waals surface area contributed by atoms with Crippen molar-refractivity contribution >= 4 is 15.7 Å². The fraction of sp³-hybridized carbons (Fsp3) is 0.0833. The monoisotopic (exact) mass is 251 g/mol. The molecule has 5 heteroatoms. The fourth-order valence-corrected chi connectivity index (χ4v) is 2.36. The third kappa shape index (κ3) is 3.04. The average molecular weight is 251 g/mol. The van der Waals surface area contributed by atoms with Crippen LogP contribution in [0.2, 0.25) is 0 Å². The summed E-state index contributed by atoms with van der Waals surface area (Å²) in [5.41, 5.74) is -0.0126. The van der Waals surface area contributed by atoms with Gasteiger partial charge in [-0.25, -0.2) is 8.42 Å². The molecule has 0 spiro atoms. The lowest BCUT2D eigenvalue weighted by Crippen LogP contribution is -2.22. The van der Waals surface area contributed by atoms with E-state index in [0.29, 0.717) is 0 Å². The van der Waals surface area contributed by atoms with Crippen LogP contribution in [-0.2, 0) is 14.6 Å². The fourth-order valence-electron chi connectivity index (χ4n) is 1.19. The van der Waals surface area contributed by atoms with Crippen LogP contribution in [0, 0.1) is 0 Å². The van der Waals surface area contributed by atoms with Gasteiger partial charge in [-0.15, -0.1) is 0 Å². The molecular weight excluding hydrogens is 238 g/mol. The van der Waals surface area contributed by atoms with E-state index in [4.69, 9.17) is 0 Å². The van der Waals surface area contributed by atoms with Crippen LogP contribution in [0.5, 0.6) is 0 Å². The molecule has 0 fully saturated rings. The molecule has 1 rings (SSSR count). The molecule has 17 heavy (non-hydrogen) atoms. The van der Waals surface area contributed by atoms with E-state index in [9.17, 15) is 13.2 Å². The first-order chi connectivity index (χ1) is 7.85. The van der Waals surface area contributed by atoms with Gasteiger partial charge in [0.25, 0.3) is 0 Å². The van der Waals surface area contributed by atoms with Gasteiger partial charge in [0.05, 0.1) is 15.5 Å². The number of sulfone groups is 1. The van der Waals surface area contributed by atoms with Gasteiger partial charge in [-0.1, -0.05) is 31.4 Å². The maximum atomic E-state index is 12.0. The molecule has 0 saturated heterocycles. The zero-order valence-corrected chi connectivity index (χ0v) is 10.3. The normalized spacial score (nSPS) is 10.6. The molecule has 0 aromatic heterocycles. The predicted molar refractivity (Wildman–Crippen MR) is 65.7 cm³/mol. The molecule has 0 atom stereocenters. The van der Waals surface area contributed by atoms with Crippen LogP contribution in [0.1, 0.15) is 6.92 Å². The summed E-state index contributed by atoms with van der Waals surface area (Å²) in [5.74, 6) is -0.389. The van der Waals surface area contributed by atoms with E-state index >= 15 is 0 Å². The number of rotatable bonds is 4. The van der Waals surface area contributed by atoms with Crippen molar-refractivity contribution in [3.63, 3.8) is 0 Å². The molecule has 0 aliphatic rings. The highest BCUT2D eigenvalue weighted by molar-refractivity contribution is 7.95. The molecule has 90 valence electrons. The van der Waals surface area contributed by atoms with E-state index in [1.807, 2.05) is 0 Å².